The number of aromatic hydroxyl groups is 1. The number of nitrogens with zero attached hydrogens (tertiary/aromatic N) is 1. The van der Waals surface area contributed by atoms with Crippen molar-refractivity contribution in [2.45, 2.75) is 19.4 Å². The zero-order valence-corrected chi connectivity index (χ0v) is 11.4. The minimum absolute atomic E-state index is 0.0658. The second kappa shape index (κ2) is 5.30. The lowest BCUT2D eigenvalue weighted by Crippen LogP contribution is -2.43. The lowest BCUT2D eigenvalue weighted by molar-refractivity contribution is 0.194. The fourth-order valence-corrected chi connectivity index (χ4v) is 2.58. The Kier molecular flexibility index (Phi) is 4.48. The molecule has 0 aliphatic rings. The standard InChI is InChI=1S/C10H15ClN2O3S/c1-6-9(15)7(4-8(11)12-6)10(2,5-14)13-17(3)16/h4,13-15H,5H2,1-3H3. The van der Waals surface area contributed by atoms with Gasteiger partial charge in [-0.05, 0) is 19.9 Å². The first-order valence-electron chi connectivity index (χ1n) is 4.89. The van der Waals surface area contributed by atoms with E-state index >= 15 is 0 Å². The summed E-state index contributed by atoms with van der Waals surface area (Å²) in [5, 5.41) is 19.6. The third-order valence-corrected chi connectivity index (χ3v) is 3.35. The number of aliphatic hydroxyl groups is 1. The Labute approximate surface area is 107 Å². The van der Waals surface area contributed by atoms with Crippen LogP contribution in [0.5, 0.6) is 5.75 Å². The molecule has 1 rings (SSSR count). The first-order chi connectivity index (χ1) is 7.80. The van der Waals surface area contributed by atoms with Gasteiger partial charge in [0.1, 0.15) is 10.9 Å². The normalized spacial score (nSPS) is 16.5. The first kappa shape index (κ1) is 14.4. The molecule has 17 heavy (non-hydrogen) atoms. The molecule has 96 valence electrons. The number of hydrogen-bond donors (Lipinski definition) is 3. The van der Waals surface area contributed by atoms with Crippen LogP contribution in [-0.2, 0) is 16.5 Å². The maximum atomic E-state index is 11.2. The fourth-order valence-electron chi connectivity index (χ4n) is 1.54. The topological polar surface area (TPSA) is 82.5 Å². The van der Waals surface area contributed by atoms with Crippen LogP contribution in [0.25, 0.3) is 0 Å². The summed E-state index contributed by atoms with van der Waals surface area (Å²) in [4.78, 5) is 3.89. The highest BCUT2D eigenvalue weighted by molar-refractivity contribution is 7.82. The maximum Gasteiger partial charge on any atom is 0.142 e. The Hall–Kier alpha value is -0.690. The molecule has 0 radical (unpaired) electrons. The van der Waals surface area contributed by atoms with Crippen molar-refractivity contribution in [2.24, 2.45) is 0 Å². The minimum atomic E-state index is -1.34. The molecule has 1 aromatic rings. The van der Waals surface area contributed by atoms with E-state index in [0.717, 1.165) is 0 Å². The Morgan fingerprint density at radius 2 is 2.24 bits per heavy atom. The third-order valence-electron chi connectivity index (χ3n) is 2.42. The fraction of sp³-hybridized carbons (Fsp3) is 0.500. The van der Waals surface area contributed by atoms with Crippen LogP contribution in [0.15, 0.2) is 6.07 Å². The smallest absolute Gasteiger partial charge is 0.142 e. The molecule has 2 unspecified atom stereocenters. The van der Waals surface area contributed by atoms with Gasteiger partial charge in [0, 0.05) is 11.8 Å². The zero-order valence-electron chi connectivity index (χ0n) is 9.82. The molecule has 0 bridgehead atoms. The summed E-state index contributed by atoms with van der Waals surface area (Å²) in [6.45, 7) is 2.89. The summed E-state index contributed by atoms with van der Waals surface area (Å²) in [5.41, 5.74) is -0.315. The van der Waals surface area contributed by atoms with Crippen molar-refractivity contribution in [2.75, 3.05) is 12.9 Å². The molecule has 0 fully saturated rings. The van der Waals surface area contributed by atoms with Crippen LogP contribution in [0.4, 0.5) is 0 Å². The molecule has 1 aromatic heterocycles. The molecule has 0 aromatic carbocycles. The predicted octanol–water partition coefficient (Wildman–Crippen LogP) is 0.840. The molecule has 5 nitrogen and oxygen atoms in total. The van der Waals surface area contributed by atoms with Gasteiger partial charge >= 0.3 is 0 Å². The van der Waals surface area contributed by atoms with Crippen LogP contribution < -0.4 is 4.72 Å². The highest BCUT2D eigenvalue weighted by Gasteiger charge is 2.31. The molecular weight excluding hydrogens is 264 g/mol. The van der Waals surface area contributed by atoms with E-state index in [4.69, 9.17) is 11.6 Å². The van der Waals surface area contributed by atoms with E-state index in [1.807, 2.05) is 0 Å². The molecule has 2 atom stereocenters. The molecule has 0 saturated heterocycles. The second-order valence-corrected chi connectivity index (χ2v) is 5.47. The monoisotopic (exact) mass is 278 g/mol. The van der Waals surface area contributed by atoms with Gasteiger partial charge in [0.25, 0.3) is 0 Å². The van der Waals surface area contributed by atoms with Crippen molar-refractivity contribution >= 4 is 22.6 Å². The number of aliphatic hydroxyl groups excluding tert-OH is 1. The Bertz CT molecular complexity index is 455. The van der Waals surface area contributed by atoms with Crippen LogP contribution >= 0.6 is 11.6 Å². The van der Waals surface area contributed by atoms with Crippen LogP contribution in [0.2, 0.25) is 5.15 Å². The largest absolute Gasteiger partial charge is 0.506 e. The summed E-state index contributed by atoms with van der Waals surface area (Å²) in [5.74, 6) is -0.0658. The van der Waals surface area contributed by atoms with E-state index in [2.05, 4.69) is 9.71 Å². The maximum absolute atomic E-state index is 11.2. The van der Waals surface area contributed by atoms with E-state index in [1.54, 1.807) is 13.8 Å². The molecule has 7 heteroatoms. The second-order valence-electron chi connectivity index (χ2n) is 3.97. The van der Waals surface area contributed by atoms with Crippen molar-refractivity contribution in [1.29, 1.82) is 0 Å². The number of pyridine rings is 1. The summed E-state index contributed by atoms with van der Waals surface area (Å²) in [6, 6.07) is 1.44. The molecule has 1 heterocycles. The highest BCUT2D eigenvalue weighted by Crippen LogP contribution is 2.32. The van der Waals surface area contributed by atoms with E-state index in [9.17, 15) is 14.4 Å². The first-order valence-corrected chi connectivity index (χ1v) is 6.82. The van der Waals surface area contributed by atoms with Crippen molar-refractivity contribution < 1.29 is 14.4 Å². The highest BCUT2D eigenvalue weighted by atomic mass is 35.5. The van der Waals surface area contributed by atoms with Gasteiger partial charge in [0.15, 0.2) is 0 Å². The number of rotatable bonds is 4. The van der Waals surface area contributed by atoms with Crippen LogP contribution in [0.1, 0.15) is 18.2 Å². The van der Waals surface area contributed by atoms with Crippen molar-refractivity contribution in [1.82, 2.24) is 9.71 Å². The van der Waals surface area contributed by atoms with E-state index in [1.165, 1.54) is 12.3 Å². The van der Waals surface area contributed by atoms with Crippen LogP contribution in [-0.4, -0.2) is 32.3 Å². The van der Waals surface area contributed by atoms with Crippen molar-refractivity contribution in [3.05, 3.63) is 22.5 Å². The van der Waals surface area contributed by atoms with Gasteiger partial charge < -0.3 is 10.2 Å². The molecule has 0 aliphatic carbocycles. The number of hydrogen-bond acceptors (Lipinski definition) is 4. The number of aryl methyl sites for hydroxylation is 1. The Morgan fingerprint density at radius 1 is 1.65 bits per heavy atom. The molecule has 0 saturated carbocycles. The average molecular weight is 279 g/mol. The van der Waals surface area contributed by atoms with Crippen LogP contribution in [0, 0.1) is 6.92 Å². The van der Waals surface area contributed by atoms with Crippen molar-refractivity contribution in [3.8, 4) is 5.75 Å². The van der Waals surface area contributed by atoms with Crippen LogP contribution in [0.3, 0.4) is 0 Å². The molecule has 3 N–H and O–H groups in total. The van der Waals surface area contributed by atoms with Gasteiger partial charge in [-0.15, -0.1) is 0 Å². The van der Waals surface area contributed by atoms with Gasteiger partial charge in [0.2, 0.25) is 0 Å². The van der Waals surface area contributed by atoms with Gasteiger partial charge in [-0.2, -0.15) is 0 Å². The Morgan fingerprint density at radius 3 is 2.71 bits per heavy atom. The summed E-state index contributed by atoms with van der Waals surface area (Å²) < 4.78 is 13.9. The quantitative estimate of drug-likeness (QED) is 0.713. The lowest BCUT2D eigenvalue weighted by atomic mass is 9.93. The number of nitrogens with one attached hydrogen (secondary N) is 1. The van der Waals surface area contributed by atoms with Gasteiger partial charge in [-0.1, -0.05) is 11.6 Å². The SMILES string of the molecule is Cc1nc(Cl)cc(C(C)(CO)NS(C)=O)c1O. The third kappa shape index (κ3) is 3.16. The van der Waals surface area contributed by atoms with E-state index < -0.39 is 16.5 Å². The Balaban J connectivity index is 3.33. The zero-order chi connectivity index (χ0) is 13.2. The summed E-state index contributed by atoms with van der Waals surface area (Å²) >= 11 is 5.81. The molecule has 0 spiro atoms. The van der Waals surface area contributed by atoms with E-state index in [0.29, 0.717) is 11.3 Å². The predicted molar refractivity (Wildman–Crippen MR) is 67.3 cm³/mol. The van der Waals surface area contributed by atoms with E-state index in [-0.39, 0.29) is 17.5 Å². The van der Waals surface area contributed by atoms with Gasteiger partial charge in [0.05, 0.1) is 28.8 Å². The summed E-state index contributed by atoms with van der Waals surface area (Å²) in [6.07, 6.45) is 1.45. The lowest BCUT2D eigenvalue weighted by Gasteiger charge is -2.29. The van der Waals surface area contributed by atoms with Gasteiger partial charge in [-0.3, -0.25) is 0 Å². The average Bonchev–Trinajstić information content (AvgIpc) is 2.22. The summed E-state index contributed by atoms with van der Waals surface area (Å²) in [7, 11) is -1.34. The number of aromatic nitrogens is 1. The molecular formula is C10H15ClN2O3S. The molecule has 0 amide bonds. The molecule has 0 aliphatic heterocycles. The number of halogens is 1. The van der Waals surface area contributed by atoms with Gasteiger partial charge in [-0.25, -0.2) is 13.9 Å². The minimum Gasteiger partial charge on any atom is -0.506 e. The van der Waals surface area contributed by atoms with Crippen molar-refractivity contribution in [3.63, 3.8) is 0 Å².